The molecule has 0 aliphatic rings. The van der Waals surface area contributed by atoms with E-state index in [1.807, 2.05) is 0 Å². The molecular weight excluding hydrogens is 422 g/mol. The van der Waals surface area contributed by atoms with E-state index >= 15 is 0 Å². The molecule has 2 amide bonds. The Morgan fingerprint density at radius 1 is 1.08 bits per heavy atom. The molecule has 2 N–H and O–H groups in total. The number of hydrogen-bond acceptors (Lipinski definition) is 3. The van der Waals surface area contributed by atoms with Crippen molar-refractivity contribution in [1.29, 1.82) is 0 Å². The average Bonchev–Trinajstić information content (AvgIpc) is 2.53. The number of rotatable bonds is 5. The number of anilines is 1. The van der Waals surface area contributed by atoms with Crippen molar-refractivity contribution < 1.29 is 14.3 Å². The van der Waals surface area contributed by atoms with Crippen LogP contribution in [0.4, 0.5) is 5.69 Å². The first-order chi connectivity index (χ1) is 12.1. The van der Waals surface area contributed by atoms with Crippen molar-refractivity contribution in [3.63, 3.8) is 0 Å². The number of amides is 2. The Morgan fingerprint density at radius 2 is 1.77 bits per heavy atom. The van der Waals surface area contributed by atoms with Crippen LogP contribution in [0.1, 0.15) is 17.3 Å². The van der Waals surface area contributed by atoms with E-state index in [0.717, 1.165) is 0 Å². The molecule has 0 aliphatic carbocycles. The van der Waals surface area contributed by atoms with Gasteiger partial charge in [-0.1, -0.05) is 58.5 Å². The fourth-order valence-corrected chi connectivity index (χ4v) is 2.48. The third kappa shape index (κ3) is 6.25. The summed E-state index contributed by atoms with van der Waals surface area (Å²) in [6.45, 7) is 1.38. The van der Waals surface area contributed by atoms with E-state index < -0.39 is 15.9 Å². The van der Waals surface area contributed by atoms with Crippen LogP contribution in [0, 0.1) is 0 Å². The maximum Gasteiger partial charge on any atom is 0.254 e. The third-order valence-electron chi connectivity index (χ3n) is 3.05. The largest absolute Gasteiger partial charge is 0.466 e. The molecule has 0 bridgehead atoms. The van der Waals surface area contributed by atoms with E-state index in [1.54, 1.807) is 36.4 Å². The molecule has 2 aromatic carbocycles. The Hall–Kier alpha value is -1.66. The molecule has 5 nitrogen and oxygen atoms in total. The molecule has 0 saturated carbocycles. The molecule has 2 rings (SSSR count). The summed E-state index contributed by atoms with van der Waals surface area (Å²) in [6, 6.07) is 12.8. The van der Waals surface area contributed by atoms with Gasteiger partial charge in [0, 0.05) is 29.3 Å². The first-order valence-corrected chi connectivity index (χ1v) is 8.84. The van der Waals surface area contributed by atoms with Gasteiger partial charge in [0.2, 0.25) is 15.9 Å². The van der Waals surface area contributed by atoms with Gasteiger partial charge in [0.25, 0.3) is 5.91 Å². The maximum atomic E-state index is 12.4. The van der Waals surface area contributed by atoms with Crippen molar-refractivity contribution in [1.82, 2.24) is 5.32 Å². The van der Waals surface area contributed by atoms with Crippen LogP contribution in [0.25, 0.3) is 0 Å². The Kier molecular flexibility index (Phi) is 7.01. The zero-order valence-corrected chi connectivity index (χ0v) is 16.5. The van der Waals surface area contributed by atoms with Crippen LogP contribution in [0.15, 0.2) is 48.5 Å². The Bertz CT molecular complexity index is 809. The predicted molar refractivity (Wildman–Crippen MR) is 104 cm³/mol. The number of carbonyl (C=O) groups excluding carboxylic acids is 2. The number of carbonyl (C=O) groups is 2. The van der Waals surface area contributed by atoms with E-state index in [9.17, 15) is 9.59 Å². The summed E-state index contributed by atoms with van der Waals surface area (Å²) in [4.78, 5) is 23.5. The standard InChI is InChI=1S/C17H14Cl4N2O3/c1-10(24)22-13-6-3-7-14(9-13)26-16(17(19,20)21)23-15(25)11-4-2-5-12(18)8-11/h2-9,16H,1H3,(H,22,24)(H,23,25). The maximum absolute atomic E-state index is 12.4. The molecule has 26 heavy (non-hydrogen) atoms. The topological polar surface area (TPSA) is 67.4 Å². The third-order valence-corrected chi connectivity index (χ3v) is 3.88. The van der Waals surface area contributed by atoms with Gasteiger partial charge >= 0.3 is 0 Å². The Morgan fingerprint density at radius 3 is 2.38 bits per heavy atom. The van der Waals surface area contributed by atoms with Gasteiger partial charge in [0.1, 0.15) is 5.75 Å². The van der Waals surface area contributed by atoms with Crippen molar-refractivity contribution in [3.8, 4) is 5.75 Å². The smallest absolute Gasteiger partial charge is 0.254 e. The highest BCUT2D eigenvalue weighted by atomic mass is 35.6. The summed E-state index contributed by atoms with van der Waals surface area (Å²) in [5, 5.41) is 5.51. The minimum Gasteiger partial charge on any atom is -0.466 e. The Labute approximate surface area is 170 Å². The van der Waals surface area contributed by atoms with Crippen molar-refractivity contribution >= 4 is 63.9 Å². The van der Waals surface area contributed by atoms with E-state index in [1.165, 1.54) is 19.1 Å². The fourth-order valence-electron chi connectivity index (χ4n) is 2.00. The lowest BCUT2D eigenvalue weighted by Crippen LogP contribution is -2.47. The lowest BCUT2D eigenvalue weighted by Gasteiger charge is -2.26. The van der Waals surface area contributed by atoms with E-state index in [0.29, 0.717) is 16.5 Å². The summed E-state index contributed by atoms with van der Waals surface area (Å²) in [6.07, 6.45) is -1.29. The first-order valence-electron chi connectivity index (χ1n) is 7.32. The SMILES string of the molecule is CC(=O)Nc1cccc(OC(NC(=O)c2cccc(Cl)c2)C(Cl)(Cl)Cl)c1. The highest BCUT2D eigenvalue weighted by molar-refractivity contribution is 6.68. The molecule has 0 aliphatic heterocycles. The second kappa shape index (κ2) is 8.82. The van der Waals surface area contributed by atoms with Gasteiger partial charge in [0.05, 0.1) is 0 Å². The van der Waals surface area contributed by atoms with Crippen molar-refractivity contribution in [3.05, 3.63) is 59.1 Å². The molecule has 1 atom stereocenters. The zero-order valence-electron chi connectivity index (χ0n) is 13.4. The number of benzene rings is 2. The molecule has 0 saturated heterocycles. The molecular formula is C17H14Cl4N2O3. The molecule has 1 unspecified atom stereocenters. The lowest BCUT2D eigenvalue weighted by molar-refractivity contribution is -0.114. The van der Waals surface area contributed by atoms with Crippen LogP contribution < -0.4 is 15.4 Å². The number of hydrogen-bond donors (Lipinski definition) is 2. The molecule has 138 valence electrons. The second-order valence-electron chi connectivity index (χ2n) is 5.23. The van der Waals surface area contributed by atoms with Crippen LogP contribution >= 0.6 is 46.4 Å². The summed E-state index contributed by atoms with van der Waals surface area (Å²) in [7, 11) is 0. The van der Waals surface area contributed by atoms with Gasteiger partial charge in [-0.15, -0.1) is 0 Å². The fraction of sp³-hybridized carbons (Fsp3) is 0.176. The highest BCUT2D eigenvalue weighted by Gasteiger charge is 2.36. The number of alkyl halides is 3. The molecule has 0 fully saturated rings. The predicted octanol–water partition coefficient (Wildman–Crippen LogP) is 4.80. The molecule has 9 heteroatoms. The van der Waals surface area contributed by atoms with Gasteiger partial charge in [-0.2, -0.15) is 0 Å². The monoisotopic (exact) mass is 434 g/mol. The van der Waals surface area contributed by atoms with Crippen molar-refractivity contribution in [2.45, 2.75) is 16.9 Å². The van der Waals surface area contributed by atoms with Gasteiger partial charge in [-0.25, -0.2) is 0 Å². The summed E-state index contributed by atoms with van der Waals surface area (Å²) >= 11 is 23.7. The normalized spacial score (nSPS) is 12.2. The number of nitrogens with one attached hydrogen (secondary N) is 2. The summed E-state index contributed by atoms with van der Waals surface area (Å²) in [5.74, 6) is -0.477. The highest BCUT2D eigenvalue weighted by Crippen LogP contribution is 2.32. The minimum absolute atomic E-state index is 0.241. The average molecular weight is 436 g/mol. The molecule has 0 aromatic heterocycles. The van der Waals surface area contributed by atoms with E-state index in [2.05, 4.69) is 10.6 Å². The van der Waals surface area contributed by atoms with Crippen LogP contribution in [0.2, 0.25) is 5.02 Å². The van der Waals surface area contributed by atoms with Crippen LogP contribution in [-0.4, -0.2) is 21.8 Å². The first kappa shape index (κ1) is 20.6. The molecule has 0 radical (unpaired) electrons. The Balaban J connectivity index is 2.18. The van der Waals surface area contributed by atoms with Crippen molar-refractivity contribution in [2.75, 3.05) is 5.32 Å². The van der Waals surface area contributed by atoms with Crippen LogP contribution in [0.5, 0.6) is 5.75 Å². The number of ether oxygens (including phenoxy) is 1. The quantitative estimate of drug-likeness (QED) is 0.523. The van der Waals surface area contributed by atoms with Gasteiger partial charge < -0.3 is 15.4 Å². The van der Waals surface area contributed by atoms with Gasteiger partial charge in [0.15, 0.2) is 0 Å². The molecule has 2 aromatic rings. The van der Waals surface area contributed by atoms with Crippen LogP contribution in [0.3, 0.4) is 0 Å². The summed E-state index contributed by atoms with van der Waals surface area (Å²) in [5.41, 5.74) is 0.784. The lowest BCUT2D eigenvalue weighted by atomic mass is 10.2. The van der Waals surface area contributed by atoms with Gasteiger partial charge in [-0.05, 0) is 30.3 Å². The summed E-state index contributed by atoms with van der Waals surface area (Å²) < 4.78 is 3.67. The van der Waals surface area contributed by atoms with E-state index in [4.69, 9.17) is 51.1 Å². The van der Waals surface area contributed by atoms with Crippen LogP contribution in [-0.2, 0) is 4.79 Å². The van der Waals surface area contributed by atoms with Gasteiger partial charge in [-0.3, -0.25) is 9.59 Å². The second-order valence-corrected chi connectivity index (χ2v) is 8.04. The molecule has 0 heterocycles. The minimum atomic E-state index is -1.95. The zero-order chi connectivity index (χ0) is 19.3. The van der Waals surface area contributed by atoms with E-state index in [-0.39, 0.29) is 11.5 Å². The van der Waals surface area contributed by atoms with Crippen molar-refractivity contribution in [2.24, 2.45) is 0 Å². The molecule has 0 spiro atoms. The number of halogens is 4.